The summed E-state index contributed by atoms with van der Waals surface area (Å²) in [6.07, 6.45) is 5.09. The topological polar surface area (TPSA) is 72.9 Å². The average molecular weight is 358 g/mol. The fraction of sp³-hybridized carbons (Fsp3) is 0.667. The lowest BCUT2D eigenvalue weighted by atomic mass is 9.92. The summed E-state index contributed by atoms with van der Waals surface area (Å²) < 4.78 is 0. The normalized spacial score (nSPS) is 27.0. The lowest BCUT2D eigenvalue weighted by Gasteiger charge is -2.39. The van der Waals surface area contributed by atoms with Crippen LogP contribution in [0.15, 0.2) is 18.5 Å². The molecular weight excluding hydrogens is 332 g/mol. The number of anilines is 1. The van der Waals surface area contributed by atoms with Crippen molar-refractivity contribution >= 4 is 17.8 Å². The van der Waals surface area contributed by atoms with Gasteiger partial charge in [0.05, 0.1) is 12.6 Å². The monoisotopic (exact) mass is 358 g/mol. The van der Waals surface area contributed by atoms with Gasteiger partial charge in [-0.05, 0) is 18.4 Å². The van der Waals surface area contributed by atoms with Gasteiger partial charge in [0.25, 0.3) is 0 Å². The summed E-state index contributed by atoms with van der Waals surface area (Å²) in [5, 5.41) is 0. The zero-order valence-corrected chi connectivity index (χ0v) is 15.3. The molecule has 26 heavy (non-hydrogen) atoms. The Balaban J connectivity index is 1.27. The third-order valence-electron chi connectivity index (χ3n) is 5.97. The maximum atomic E-state index is 12.7. The van der Waals surface area contributed by atoms with Crippen LogP contribution in [0, 0.1) is 5.92 Å². The van der Waals surface area contributed by atoms with E-state index in [0.717, 1.165) is 45.1 Å². The quantitative estimate of drug-likeness (QED) is 0.737. The minimum absolute atomic E-state index is 0.181. The number of hydrogen-bond acceptors (Lipinski definition) is 6. The van der Waals surface area contributed by atoms with Crippen molar-refractivity contribution in [2.75, 3.05) is 57.8 Å². The van der Waals surface area contributed by atoms with Crippen LogP contribution in [0.4, 0.5) is 5.95 Å². The van der Waals surface area contributed by atoms with Crippen LogP contribution in [0.2, 0.25) is 0 Å². The number of carbonyl (C=O) groups excluding carboxylic acids is 2. The van der Waals surface area contributed by atoms with E-state index in [1.54, 1.807) is 12.4 Å². The number of piperidine rings is 1. The van der Waals surface area contributed by atoms with E-state index in [9.17, 15) is 9.59 Å². The van der Waals surface area contributed by atoms with E-state index < -0.39 is 0 Å². The number of amides is 2. The van der Waals surface area contributed by atoms with Gasteiger partial charge in [0, 0.05) is 65.1 Å². The number of aromatic nitrogens is 2. The molecule has 2 amide bonds. The minimum atomic E-state index is 0.181. The summed E-state index contributed by atoms with van der Waals surface area (Å²) in [5.74, 6) is 1.58. The standard InChI is InChI=1S/C18H26N6O2/c1-21-15-12-24(6-3-14(15)11-16(21)25)17(26)13-22-7-9-23(10-8-22)18-19-4-2-5-20-18/h2,4-5,14-15H,3,6-13H2,1H3/t14-,15-/m1/s1. The molecule has 1 aromatic heterocycles. The molecule has 0 unspecified atom stereocenters. The van der Waals surface area contributed by atoms with Crippen LogP contribution in [-0.2, 0) is 9.59 Å². The number of piperazine rings is 1. The molecule has 1 aromatic rings. The van der Waals surface area contributed by atoms with Gasteiger partial charge in [0.2, 0.25) is 17.8 Å². The Kier molecular flexibility index (Phi) is 4.76. The van der Waals surface area contributed by atoms with Crippen LogP contribution in [0.5, 0.6) is 0 Å². The summed E-state index contributed by atoms with van der Waals surface area (Å²) in [4.78, 5) is 41.4. The van der Waals surface area contributed by atoms with Crippen LogP contribution in [-0.4, -0.2) is 95.4 Å². The molecule has 0 bridgehead atoms. The third-order valence-corrected chi connectivity index (χ3v) is 5.97. The Morgan fingerprint density at radius 3 is 2.62 bits per heavy atom. The van der Waals surface area contributed by atoms with Crippen LogP contribution in [0.1, 0.15) is 12.8 Å². The van der Waals surface area contributed by atoms with Gasteiger partial charge >= 0.3 is 0 Å². The molecule has 4 rings (SSSR count). The Hall–Kier alpha value is -2.22. The lowest BCUT2D eigenvalue weighted by Crippen LogP contribution is -2.54. The third kappa shape index (κ3) is 3.38. The Morgan fingerprint density at radius 2 is 1.88 bits per heavy atom. The van der Waals surface area contributed by atoms with Crippen molar-refractivity contribution in [3.05, 3.63) is 18.5 Å². The number of rotatable bonds is 3. The smallest absolute Gasteiger partial charge is 0.236 e. The van der Waals surface area contributed by atoms with Gasteiger partial charge in [-0.1, -0.05) is 0 Å². The van der Waals surface area contributed by atoms with Crippen molar-refractivity contribution in [2.45, 2.75) is 18.9 Å². The SMILES string of the molecule is CN1C(=O)C[C@H]2CCN(C(=O)CN3CCN(c4ncccn4)CC3)C[C@H]21. The molecule has 8 nitrogen and oxygen atoms in total. The van der Waals surface area contributed by atoms with Crippen molar-refractivity contribution in [3.8, 4) is 0 Å². The molecular formula is C18H26N6O2. The molecule has 4 heterocycles. The highest BCUT2D eigenvalue weighted by Gasteiger charge is 2.42. The summed E-state index contributed by atoms with van der Waals surface area (Å²) in [5.41, 5.74) is 0. The number of likely N-dealkylation sites (tertiary alicyclic amines) is 2. The fourth-order valence-corrected chi connectivity index (χ4v) is 4.29. The molecule has 2 atom stereocenters. The summed E-state index contributed by atoms with van der Waals surface area (Å²) >= 11 is 0. The van der Waals surface area contributed by atoms with Gasteiger partial charge in [0.1, 0.15) is 0 Å². The second-order valence-electron chi connectivity index (χ2n) is 7.48. The summed E-state index contributed by atoms with van der Waals surface area (Å²) in [6, 6.07) is 2.02. The molecule has 3 saturated heterocycles. The number of nitrogens with zero attached hydrogens (tertiary/aromatic N) is 6. The van der Waals surface area contributed by atoms with Crippen molar-refractivity contribution < 1.29 is 9.59 Å². The lowest BCUT2D eigenvalue weighted by molar-refractivity contribution is -0.136. The zero-order valence-electron chi connectivity index (χ0n) is 15.3. The van der Waals surface area contributed by atoms with Gasteiger partial charge < -0.3 is 14.7 Å². The Labute approximate surface area is 153 Å². The molecule has 140 valence electrons. The highest BCUT2D eigenvalue weighted by Crippen LogP contribution is 2.31. The molecule has 0 radical (unpaired) electrons. The first-order chi connectivity index (χ1) is 12.6. The second kappa shape index (κ2) is 7.19. The highest BCUT2D eigenvalue weighted by atomic mass is 16.2. The molecule has 3 aliphatic heterocycles. The van der Waals surface area contributed by atoms with E-state index in [4.69, 9.17) is 0 Å². The molecule has 3 aliphatic rings. The van der Waals surface area contributed by atoms with Gasteiger partial charge in [0.15, 0.2) is 0 Å². The highest BCUT2D eigenvalue weighted by molar-refractivity contribution is 5.81. The van der Waals surface area contributed by atoms with E-state index in [1.165, 1.54) is 0 Å². The molecule has 0 N–H and O–H groups in total. The Bertz CT molecular complexity index is 661. The van der Waals surface area contributed by atoms with Crippen LogP contribution < -0.4 is 4.90 Å². The molecule has 8 heteroatoms. The van der Waals surface area contributed by atoms with E-state index >= 15 is 0 Å². The first-order valence-electron chi connectivity index (χ1n) is 9.39. The molecule has 0 aromatic carbocycles. The van der Waals surface area contributed by atoms with Gasteiger partial charge in [-0.25, -0.2) is 9.97 Å². The van der Waals surface area contributed by atoms with Gasteiger partial charge in [-0.15, -0.1) is 0 Å². The predicted molar refractivity (Wildman–Crippen MR) is 96.5 cm³/mol. The number of carbonyl (C=O) groups is 2. The first-order valence-corrected chi connectivity index (χ1v) is 9.39. The largest absolute Gasteiger partial charge is 0.341 e. The molecule has 3 fully saturated rings. The summed E-state index contributed by atoms with van der Waals surface area (Å²) in [6.45, 7) is 5.25. The van der Waals surface area contributed by atoms with Crippen molar-refractivity contribution in [3.63, 3.8) is 0 Å². The van der Waals surface area contributed by atoms with Gasteiger partial charge in [-0.3, -0.25) is 14.5 Å². The average Bonchev–Trinajstić information content (AvgIpc) is 2.96. The van der Waals surface area contributed by atoms with Crippen LogP contribution in [0.3, 0.4) is 0 Å². The van der Waals surface area contributed by atoms with E-state index in [1.807, 2.05) is 22.9 Å². The number of fused-ring (bicyclic) bond motifs is 1. The van der Waals surface area contributed by atoms with E-state index in [-0.39, 0.29) is 17.9 Å². The van der Waals surface area contributed by atoms with E-state index in [0.29, 0.717) is 25.4 Å². The summed E-state index contributed by atoms with van der Waals surface area (Å²) in [7, 11) is 1.87. The minimum Gasteiger partial charge on any atom is -0.341 e. The first kappa shape index (κ1) is 17.2. The predicted octanol–water partition coefficient (Wildman–Crippen LogP) is -0.322. The molecule has 0 saturated carbocycles. The van der Waals surface area contributed by atoms with Crippen molar-refractivity contribution in [1.82, 2.24) is 24.7 Å². The molecule has 0 spiro atoms. The maximum Gasteiger partial charge on any atom is 0.236 e. The maximum absolute atomic E-state index is 12.7. The number of hydrogen-bond donors (Lipinski definition) is 0. The van der Waals surface area contributed by atoms with Crippen LogP contribution >= 0.6 is 0 Å². The Morgan fingerprint density at radius 1 is 1.15 bits per heavy atom. The van der Waals surface area contributed by atoms with Crippen LogP contribution in [0.25, 0.3) is 0 Å². The molecule has 0 aliphatic carbocycles. The van der Waals surface area contributed by atoms with Gasteiger partial charge in [-0.2, -0.15) is 0 Å². The van der Waals surface area contributed by atoms with Crippen molar-refractivity contribution in [2.24, 2.45) is 5.92 Å². The fourth-order valence-electron chi connectivity index (χ4n) is 4.29. The second-order valence-corrected chi connectivity index (χ2v) is 7.48. The number of likely N-dealkylation sites (N-methyl/N-ethyl adjacent to an activating group) is 1. The van der Waals surface area contributed by atoms with E-state index in [2.05, 4.69) is 19.8 Å². The zero-order chi connectivity index (χ0) is 18.1. The van der Waals surface area contributed by atoms with Crippen molar-refractivity contribution in [1.29, 1.82) is 0 Å².